The highest BCUT2D eigenvalue weighted by molar-refractivity contribution is 7.22. The second-order valence-electron chi connectivity index (χ2n) is 9.46. The van der Waals surface area contributed by atoms with Crippen molar-refractivity contribution >= 4 is 38.6 Å². The van der Waals surface area contributed by atoms with Crippen molar-refractivity contribution in [1.82, 2.24) is 25.2 Å². The van der Waals surface area contributed by atoms with Gasteiger partial charge >= 0.3 is 0 Å². The minimum atomic E-state index is -0.245. The van der Waals surface area contributed by atoms with Gasteiger partial charge in [-0.1, -0.05) is 23.0 Å². The number of rotatable bonds is 8. The number of amides is 2. The lowest BCUT2D eigenvalue weighted by Crippen LogP contribution is -2.42. The van der Waals surface area contributed by atoms with Gasteiger partial charge in [-0.15, -0.1) is 0 Å². The summed E-state index contributed by atoms with van der Waals surface area (Å²) in [6.07, 6.45) is 10.8. The first-order chi connectivity index (χ1) is 16.4. The van der Waals surface area contributed by atoms with Gasteiger partial charge in [0.15, 0.2) is 10.8 Å². The predicted octanol–water partition coefficient (Wildman–Crippen LogP) is 2.60. The van der Waals surface area contributed by atoms with E-state index in [1.54, 1.807) is 0 Å². The van der Waals surface area contributed by atoms with E-state index < -0.39 is 0 Å². The molecule has 0 atom stereocenters. The number of nitrogens with one attached hydrogen (secondary N) is 2. The van der Waals surface area contributed by atoms with Gasteiger partial charge < -0.3 is 15.5 Å². The van der Waals surface area contributed by atoms with Crippen LogP contribution in [0.2, 0.25) is 0 Å². The predicted molar refractivity (Wildman–Crippen MR) is 134 cm³/mol. The third-order valence-corrected chi connectivity index (χ3v) is 7.50. The zero-order chi connectivity index (χ0) is 24.1. The molecule has 2 amide bonds. The number of carbonyl (C=O) groups is 2. The van der Waals surface area contributed by atoms with Crippen LogP contribution in [0.15, 0.2) is 22.8 Å². The molecule has 10 heteroatoms. The lowest BCUT2D eigenvalue weighted by Gasteiger charge is -2.31. The molecular weight excluding hydrogens is 452 g/mol. The summed E-state index contributed by atoms with van der Waals surface area (Å²) in [7, 11) is 0. The Labute approximate surface area is 203 Å². The van der Waals surface area contributed by atoms with Crippen LogP contribution >= 0.6 is 11.3 Å². The molecular formula is C24H34N6O3S. The van der Waals surface area contributed by atoms with Crippen LogP contribution in [0.1, 0.15) is 58.8 Å². The molecule has 0 saturated carbocycles. The Hall–Kier alpha value is -2.75. The number of hydrogen-bond acceptors (Lipinski definition) is 7. The molecule has 2 aliphatic rings. The Bertz CT molecular complexity index is 1110. The quantitative estimate of drug-likeness (QED) is 0.555. The highest BCUT2D eigenvalue weighted by atomic mass is 32.1. The molecule has 2 aromatic heterocycles. The molecule has 34 heavy (non-hydrogen) atoms. The minimum Gasteiger partial charge on any atom is -0.354 e. The maximum atomic E-state index is 13.0. The van der Waals surface area contributed by atoms with Crippen molar-refractivity contribution in [3.63, 3.8) is 0 Å². The highest BCUT2D eigenvalue weighted by Gasteiger charge is 2.27. The summed E-state index contributed by atoms with van der Waals surface area (Å²) in [4.78, 5) is 48.6. The van der Waals surface area contributed by atoms with Gasteiger partial charge in [-0.05, 0) is 58.8 Å². The third-order valence-electron chi connectivity index (χ3n) is 6.41. The Kier molecular flexibility index (Phi) is 7.97. The Morgan fingerprint density at radius 2 is 2.03 bits per heavy atom. The van der Waals surface area contributed by atoms with Gasteiger partial charge in [-0.2, -0.15) is 4.98 Å². The molecule has 4 rings (SSSR count). The number of aromatic nitrogens is 3. The lowest BCUT2D eigenvalue weighted by molar-refractivity contribution is -0.126. The Morgan fingerprint density at radius 3 is 2.74 bits per heavy atom. The summed E-state index contributed by atoms with van der Waals surface area (Å²) < 4.78 is 1.81. The van der Waals surface area contributed by atoms with Crippen LogP contribution in [-0.4, -0.2) is 52.0 Å². The van der Waals surface area contributed by atoms with Crippen LogP contribution in [0.4, 0.5) is 5.13 Å². The maximum absolute atomic E-state index is 13.0. The average molecular weight is 487 g/mol. The van der Waals surface area contributed by atoms with Crippen molar-refractivity contribution in [3.8, 4) is 0 Å². The fourth-order valence-corrected chi connectivity index (χ4v) is 5.54. The number of hydrogen-bond donors (Lipinski definition) is 2. The van der Waals surface area contributed by atoms with Crippen LogP contribution in [0.5, 0.6) is 0 Å². The first kappa shape index (κ1) is 24.4. The normalized spacial score (nSPS) is 17.1. The van der Waals surface area contributed by atoms with E-state index in [0.717, 1.165) is 37.2 Å². The SMILES string of the molecule is CC(C)NC(=O)C1CCN(c2nc3ncn(CC(=O)NCCC4=CCCCC4)c(=O)c3s2)CC1. The van der Waals surface area contributed by atoms with Gasteiger partial charge in [0, 0.05) is 31.6 Å². The van der Waals surface area contributed by atoms with E-state index in [0.29, 0.717) is 30.0 Å². The van der Waals surface area contributed by atoms with E-state index in [1.807, 2.05) is 13.8 Å². The molecule has 0 bridgehead atoms. The summed E-state index contributed by atoms with van der Waals surface area (Å²) in [5, 5.41) is 6.64. The maximum Gasteiger partial charge on any atom is 0.273 e. The monoisotopic (exact) mass is 486 g/mol. The van der Waals surface area contributed by atoms with Crippen molar-refractivity contribution in [2.75, 3.05) is 24.5 Å². The van der Waals surface area contributed by atoms with Crippen LogP contribution in [-0.2, 0) is 16.1 Å². The number of carbonyl (C=O) groups excluding carboxylic acids is 2. The summed E-state index contributed by atoms with van der Waals surface area (Å²) in [6.45, 7) is 5.89. The summed E-state index contributed by atoms with van der Waals surface area (Å²) in [6, 6.07) is 0.138. The zero-order valence-electron chi connectivity index (χ0n) is 20.0. The average Bonchev–Trinajstić information content (AvgIpc) is 3.27. The van der Waals surface area contributed by atoms with E-state index in [9.17, 15) is 14.4 Å². The van der Waals surface area contributed by atoms with Crippen LogP contribution in [0.25, 0.3) is 10.3 Å². The van der Waals surface area contributed by atoms with E-state index in [-0.39, 0.29) is 35.9 Å². The van der Waals surface area contributed by atoms with E-state index in [1.165, 1.54) is 40.6 Å². The van der Waals surface area contributed by atoms with Crippen LogP contribution in [0, 0.1) is 5.92 Å². The molecule has 184 valence electrons. The molecule has 1 aliphatic carbocycles. The molecule has 1 saturated heterocycles. The van der Waals surface area contributed by atoms with E-state index in [2.05, 4.69) is 31.6 Å². The third kappa shape index (κ3) is 6.02. The second-order valence-corrected chi connectivity index (χ2v) is 10.4. The van der Waals surface area contributed by atoms with Gasteiger partial charge in [0.05, 0.1) is 0 Å². The number of fused-ring (bicyclic) bond motifs is 1. The van der Waals surface area contributed by atoms with Crippen LogP contribution < -0.4 is 21.1 Å². The first-order valence-corrected chi connectivity index (χ1v) is 13.1. The summed E-state index contributed by atoms with van der Waals surface area (Å²) >= 11 is 1.31. The molecule has 0 radical (unpaired) electrons. The number of piperidine rings is 1. The lowest BCUT2D eigenvalue weighted by atomic mass is 9.96. The molecule has 0 spiro atoms. The molecule has 3 heterocycles. The number of anilines is 1. The largest absolute Gasteiger partial charge is 0.354 e. The van der Waals surface area contributed by atoms with Gasteiger partial charge in [0.25, 0.3) is 5.56 Å². The second kappa shape index (κ2) is 11.1. The van der Waals surface area contributed by atoms with Crippen molar-refractivity contribution in [1.29, 1.82) is 0 Å². The molecule has 0 aromatic carbocycles. The van der Waals surface area contributed by atoms with Crippen molar-refractivity contribution < 1.29 is 9.59 Å². The van der Waals surface area contributed by atoms with Crippen LogP contribution in [0.3, 0.4) is 0 Å². The first-order valence-electron chi connectivity index (χ1n) is 12.3. The summed E-state index contributed by atoms with van der Waals surface area (Å²) in [5.74, 6) is -0.0697. The van der Waals surface area contributed by atoms with Gasteiger partial charge in [0.2, 0.25) is 11.8 Å². The smallest absolute Gasteiger partial charge is 0.273 e. The van der Waals surface area contributed by atoms with Crippen molar-refractivity contribution in [2.45, 2.75) is 71.4 Å². The Morgan fingerprint density at radius 1 is 1.24 bits per heavy atom. The zero-order valence-corrected chi connectivity index (χ0v) is 20.8. The van der Waals surface area contributed by atoms with E-state index in [4.69, 9.17) is 0 Å². The minimum absolute atomic E-state index is 0.0105. The molecule has 1 aliphatic heterocycles. The topological polar surface area (TPSA) is 109 Å². The number of nitrogens with zero attached hydrogens (tertiary/aromatic N) is 4. The van der Waals surface area contributed by atoms with Gasteiger partial charge in [-0.3, -0.25) is 19.0 Å². The molecule has 2 N–H and O–H groups in total. The standard InChI is InChI=1S/C24H34N6O3S/c1-16(2)27-22(32)18-9-12-29(13-10-18)24-28-21-20(34-24)23(33)30(15-26-21)14-19(31)25-11-8-17-6-4-3-5-7-17/h6,15-16,18H,3-5,7-14H2,1-2H3,(H,25,31)(H,27,32). The van der Waals surface area contributed by atoms with Crippen molar-refractivity contribution in [2.24, 2.45) is 5.92 Å². The fraction of sp³-hybridized carbons (Fsp3) is 0.625. The fourth-order valence-electron chi connectivity index (χ4n) is 4.52. The summed E-state index contributed by atoms with van der Waals surface area (Å²) in [5.41, 5.74) is 1.57. The van der Waals surface area contributed by atoms with Gasteiger partial charge in [0.1, 0.15) is 17.6 Å². The molecule has 0 unspecified atom stereocenters. The number of allylic oxidation sites excluding steroid dienone is 1. The van der Waals surface area contributed by atoms with Gasteiger partial charge in [-0.25, -0.2) is 4.98 Å². The highest BCUT2D eigenvalue weighted by Crippen LogP contribution is 2.29. The van der Waals surface area contributed by atoms with E-state index >= 15 is 0 Å². The number of thiazole rings is 1. The Balaban J connectivity index is 1.34. The molecule has 1 fully saturated rings. The molecule has 2 aromatic rings. The van der Waals surface area contributed by atoms with Crippen molar-refractivity contribution in [3.05, 3.63) is 28.3 Å². The molecule has 9 nitrogen and oxygen atoms in total.